The Kier molecular flexibility index (Phi) is 6.30. The Morgan fingerprint density at radius 1 is 0.568 bits per heavy atom. The van der Waals surface area contributed by atoms with E-state index in [1.165, 1.54) is 0 Å². The number of para-hydroxylation sites is 2. The average Bonchev–Trinajstić information content (AvgIpc) is 2.88. The van der Waals surface area contributed by atoms with Crippen molar-refractivity contribution in [3.05, 3.63) is 140 Å². The first-order chi connectivity index (χ1) is 17.9. The molecule has 0 aliphatic rings. The summed E-state index contributed by atoms with van der Waals surface area (Å²) >= 11 is 0. The average molecular weight is 494 g/mol. The van der Waals surface area contributed by atoms with E-state index < -0.39 is 17.1 Å². The van der Waals surface area contributed by atoms with Gasteiger partial charge in [0.1, 0.15) is 23.0 Å². The van der Waals surface area contributed by atoms with Crippen molar-refractivity contribution in [3.8, 4) is 34.4 Å². The molecule has 0 bridgehead atoms. The quantitative estimate of drug-likeness (QED) is 0.364. The molecule has 0 unspecified atom stereocenters. The summed E-state index contributed by atoms with van der Waals surface area (Å²) in [5.74, 6) is 2.49. The highest BCUT2D eigenvalue weighted by Gasteiger charge is 2.15. The third-order valence-corrected chi connectivity index (χ3v) is 5.78. The highest BCUT2D eigenvalue weighted by molar-refractivity contribution is 5.47. The van der Waals surface area contributed by atoms with Crippen molar-refractivity contribution in [2.45, 2.75) is 13.8 Å². The lowest BCUT2D eigenvalue weighted by atomic mass is 10.2. The molecule has 8 heteroatoms. The summed E-state index contributed by atoms with van der Waals surface area (Å²) in [5.41, 5.74) is -0.420. The van der Waals surface area contributed by atoms with Crippen molar-refractivity contribution in [2.24, 2.45) is 0 Å². The molecular weight excluding hydrogens is 470 g/mol. The monoisotopic (exact) mass is 493 g/mol. The molecule has 4 aromatic carbocycles. The molecule has 5 aromatic rings. The number of rotatable bonds is 6. The van der Waals surface area contributed by atoms with E-state index in [0.717, 1.165) is 9.13 Å². The predicted molar refractivity (Wildman–Crippen MR) is 141 cm³/mol. The first-order valence-corrected chi connectivity index (χ1v) is 11.6. The Morgan fingerprint density at radius 3 is 1.35 bits per heavy atom. The molecule has 1 heterocycles. The lowest BCUT2D eigenvalue weighted by Crippen LogP contribution is -2.48. The number of aryl methyl sites for hydroxylation is 2. The number of aromatic nitrogens is 3. The number of aromatic amines is 1. The lowest BCUT2D eigenvalue weighted by Gasteiger charge is -2.14. The zero-order valence-electron chi connectivity index (χ0n) is 20.2. The second-order valence-electron chi connectivity index (χ2n) is 8.42. The van der Waals surface area contributed by atoms with E-state index in [-0.39, 0.29) is 0 Å². The summed E-state index contributed by atoms with van der Waals surface area (Å²) in [5, 5.41) is 0. The van der Waals surface area contributed by atoms with E-state index in [9.17, 15) is 14.4 Å². The van der Waals surface area contributed by atoms with Gasteiger partial charge in [0, 0.05) is 0 Å². The van der Waals surface area contributed by atoms with Crippen LogP contribution in [0.1, 0.15) is 11.1 Å². The molecule has 1 N–H and O–H groups in total. The van der Waals surface area contributed by atoms with Crippen LogP contribution in [0, 0.1) is 13.8 Å². The van der Waals surface area contributed by atoms with Gasteiger partial charge < -0.3 is 9.47 Å². The van der Waals surface area contributed by atoms with Gasteiger partial charge in [-0.25, -0.2) is 23.5 Å². The molecule has 0 radical (unpaired) electrons. The summed E-state index contributed by atoms with van der Waals surface area (Å²) in [7, 11) is 0. The van der Waals surface area contributed by atoms with Crippen LogP contribution >= 0.6 is 0 Å². The van der Waals surface area contributed by atoms with Gasteiger partial charge in [0.15, 0.2) is 0 Å². The second kappa shape index (κ2) is 9.87. The molecule has 0 aliphatic heterocycles. The molecule has 0 saturated carbocycles. The highest BCUT2D eigenvalue weighted by Crippen LogP contribution is 2.27. The van der Waals surface area contributed by atoms with Gasteiger partial charge in [-0.1, -0.05) is 36.4 Å². The minimum atomic E-state index is -0.830. The highest BCUT2D eigenvalue weighted by atomic mass is 16.5. The largest absolute Gasteiger partial charge is 0.457 e. The van der Waals surface area contributed by atoms with Gasteiger partial charge in [-0.05, 0) is 85.6 Å². The third-order valence-electron chi connectivity index (χ3n) is 5.78. The van der Waals surface area contributed by atoms with Crippen LogP contribution in [0.25, 0.3) is 11.4 Å². The van der Waals surface area contributed by atoms with E-state index >= 15 is 0 Å². The molecule has 8 nitrogen and oxygen atoms in total. The maximum atomic E-state index is 13.4. The van der Waals surface area contributed by atoms with Gasteiger partial charge >= 0.3 is 17.1 Å². The number of H-pyrrole nitrogens is 1. The zero-order valence-corrected chi connectivity index (χ0v) is 20.2. The Balaban J connectivity index is 1.52. The number of nitrogens with one attached hydrogen (secondary N) is 1. The molecule has 5 rings (SSSR count). The van der Waals surface area contributed by atoms with Crippen LogP contribution in [0.5, 0.6) is 23.0 Å². The maximum Gasteiger partial charge on any atom is 0.345 e. The summed E-state index contributed by atoms with van der Waals surface area (Å²) in [4.78, 5) is 41.1. The smallest absolute Gasteiger partial charge is 0.345 e. The first kappa shape index (κ1) is 23.6. The number of nitrogens with zero attached hydrogens (tertiary/aromatic N) is 2. The van der Waals surface area contributed by atoms with Crippen LogP contribution < -0.4 is 26.5 Å². The van der Waals surface area contributed by atoms with Gasteiger partial charge in [-0.15, -0.1) is 0 Å². The van der Waals surface area contributed by atoms with Crippen LogP contribution in [0.2, 0.25) is 0 Å². The number of hydrogen-bond acceptors (Lipinski definition) is 5. The maximum absolute atomic E-state index is 13.4. The van der Waals surface area contributed by atoms with Gasteiger partial charge in [0.05, 0.1) is 11.4 Å². The minimum Gasteiger partial charge on any atom is -0.457 e. The minimum absolute atomic E-state index is 0.304. The van der Waals surface area contributed by atoms with Gasteiger partial charge in [-0.3, -0.25) is 4.98 Å². The Labute approximate surface area is 211 Å². The molecule has 0 atom stereocenters. The number of hydrogen-bond donors (Lipinski definition) is 1. The molecule has 0 saturated heterocycles. The Bertz CT molecular complexity index is 1630. The predicted octanol–water partition coefficient (Wildman–Crippen LogP) is 4.88. The topological polar surface area (TPSA) is 95.3 Å². The Hall–Kier alpha value is -5.11. The van der Waals surface area contributed by atoms with Crippen LogP contribution in [0.4, 0.5) is 0 Å². The zero-order chi connectivity index (χ0) is 25.9. The fourth-order valence-electron chi connectivity index (χ4n) is 3.94. The first-order valence-electron chi connectivity index (χ1n) is 11.6. The van der Waals surface area contributed by atoms with Gasteiger partial charge in [0.2, 0.25) is 0 Å². The molecule has 0 aliphatic carbocycles. The van der Waals surface area contributed by atoms with Crippen molar-refractivity contribution < 1.29 is 9.47 Å². The summed E-state index contributed by atoms with van der Waals surface area (Å²) in [6, 6.07) is 28.4. The normalized spacial score (nSPS) is 10.8. The van der Waals surface area contributed by atoms with E-state index in [4.69, 9.17) is 9.47 Å². The number of ether oxygens (including phenoxy) is 2. The molecule has 0 fully saturated rings. The van der Waals surface area contributed by atoms with E-state index in [2.05, 4.69) is 4.98 Å². The molecule has 0 amide bonds. The fraction of sp³-hybridized carbons (Fsp3) is 0.0690. The Morgan fingerprint density at radius 2 is 0.973 bits per heavy atom. The van der Waals surface area contributed by atoms with E-state index in [1.54, 1.807) is 36.4 Å². The summed E-state index contributed by atoms with van der Waals surface area (Å²) in [6.07, 6.45) is 0. The standard InChI is InChI=1S/C29H23N3O5/c1-19-17-21(13-15-25(19)36-23-9-5-3-6-10-23)31-27(33)30-28(34)32(29(31)35)22-14-16-26(20(2)18-22)37-24-11-7-4-8-12-24/h3-18H,1-2H3,(H,30,33,34). The van der Waals surface area contributed by atoms with Crippen LogP contribution in [-0.4, -0.2) is 14.1 Å². The molecule has 1 aromatic heterocycles. The number of benzene rings is 4. The van der Waals surface area contributed by atoms with E-state index in [1.807, 2.05) is 74.5 Å². The summed E-state index contributed by atoms with van der Waals surface area (Å²) < 4.78 is 13.6. The van der Waals surface area contributed by atoms with Crippen molar-refractivity contribution in [1.29, 1.82) is 0 Å². The van der Waals surface area contributed by atoms with Crippen molar-refractivity contribution in [1.82, 2.24) is 14.1 Å². The van der Waals surface area contributed by atoms with Gasteiger partial charge in [-0.2, -0.15) is 0 Å². The van der Waals surface area contributed by atoms with Crippen molar-refractivity contribution in [3.63, 3.8) is 0 Å². The molecule has 0 spiro atoms. The van der Waals surface area contributed by atoms with E-state index in [0.29, 0.717) is 45.5 Å². The van der Waals surface area contributed by atoms with Gasteiger partial charge in [0.25, 0.3) is 0 Å². The SMILES string of the molecule is Cc1cc(-n2c(=O)[nH]c(=O)n(-c3ccc(Oc4ccccc4)c(C)c3)c2=O)ccc1Oc1ccccc1. The fourth-order valence-corrected chi connectivity index (χ4v) is 3.94. The lowest BCUT2D eigenvalue weighted by molar-refractivity contribution is 0.478. The molecular formula is C29H23N3O5. The summed E-state index contributed by atoms with van der Waals surface area (Å²) in [6.45, 7) is 3.62. The second-order valence-corrected chi connectivity index (χ2v) is 8.42. The van der Waals surface area contributed by atoms with Crippen LogP contribution in [0.15, 0.2) is 111 Å². The molecule has 37 heavy (non-hydrogen) atoms. The van der Waals surface area contributed by atoms with Crippen LogP contribution in [-0.2, 0) is 0 Å². The third kappa shape index (κ3) is 4.85. The van der Waals surface area contributed by atoms with Crippen molar-refractivity contribution >= 4 is 0 Å². The molecule has 184 valence electrons. The van der Waals surface area contributed by atoms with Crippen molar-refractivity contribution in [2.75, 3.05) is 0 Å². The van der Waals surface area contributed by atoms with Crippen LogP contribution in [0.3, 0.4) is 0 Å².